The number of Topliss-reactive ketones (excluding diaryl/α,β-unsaturated/α-hetero) is 1. The molecule has 0 radical (unpaired) electrons. The van der Waals surface area contributed by atoms with E-state index in [0.29, 0.717) is 17.2 Å². The Morgan fingerprint density at radius 2 is 2.00 bits per heavy atom. The SMILES string of the molecule is COC1=C(c2ccccc2Cl)CCCC1=O. The molecule has 0 heterocycles. The maximum Gasteiger partial charge on any atom is 0.197 e. The minimum atomic E-state index is 0.0728. The van der Waals surface area contributed by atoms with Crippen LogP contribution in [0.1, 0.15) is 24.8 Å². The predicted molar refractivity (Wildman–Crippen MR) is 64.2 cm³/mol. The average Bonchev–Trinajstić information content (AvgIpc) is 2.29. The summed E-state index contributed by atoms with van der Waals surface area (Å²) >= 11 is 6.13. The van der Waals surface area contributed by atoms with Gasteiger partial charge in [0.05, 0.1) is 7.11 Å². The highest BCUT2D eigenvalue weighted by Crippen LogP contribution is 2.34. The molecule has 0 N–H and O–H groups in total. The molecule has 0 amide bonds. The quantitative estimate of drug-likeness (QED) is 0.786. The highest BCUT2D eigenvalue weighted by atomic mass is 35.5. The lowest BCUT2D eigenvalue weighted by atomic mass is 9.91. The Balaban J connectivity index is 2.53. The number of ether oxygens (including phenoxy) is 1. The first-order valence-electron chi connectivity index (χ1n) is 5.29. The van der Waals surface area contributed by atoms with Gasteiger partial charge in [0.2, 0.25) is 0 Å². The van der Waals surface area contributed by atoms with E-state index in [1.165, 1.54) is 7.11 Å². The van der Waals surface area contributed by atoms with Crippen LogP contribution < -0.4 is 0 Å². The van der Waals surface area contributed by atoms with E-state index < -0.39 is 0 Å². The van der Waals surface area contributed by atoms with E-state index in [9.17, 15) is 4.79 Å². The van der Waals surface area contributed by atoms with Crippen LogP contribution in [0.4, 0.5) is 0 Å². The summed E-state index contributed by atoms with van der Waals surface area (Å²) in [6, 6.07) is 7.55. The molecule has 0 fully saturated rings. The lowest BCUT2D eigenvalue weighted by Gasteiger charge is -2.19. The van der Waals surface area contributed by atoms with Crippen LogP contribution in [0.2, 0.25) is 5.02 Å². The molecule has 0 unspecified atom stereocenters. The van der Waals surface area contributed by atoms with Crippen LogP contribution in [0.15, 0.2) is 30.0 Å². The minimum absolute atomic E-state index is 0.0728. The first-order chi connectivity index (χ1) is 7.74. The second kappa shape index (κ2) is 4.71. The van der Waals surface area contributed by atoms with E-state index in [0.717, 1.165) is 24.0 Å². The van der Waals surface area contributed by atoms with Crippen LogP contribution in [0.3, 0.4) is 0 Å². The van der Waals surface area contributed by atoms with E-state index in [2.05, 4.69) is 0 Å². The third kappa shape index (κ3) is 1.98. The van der Waals surface area contributed by atoms with Crippen LogP contribution in [0.5, 0.6) is 0 Å². The standard InChI is InChI=1S/C13H13ClO2/c1-16-13-10(6-4-8-12(13)15)9-5-2-3-7-11(9)14/h2-3,5,7H,4,6,8H2,1H3. The first-order valence-corrected chi connectivity index (χ1v) is 5.67. The zero-order chi connectivity index (χ0) is 11.5. The van der Waals surface area contributed by atoms with Gasteiger partial charge >= 0.3 is 0 Å². The number of halogens is 1. The Labute approximate surface area is 99.9 Å². The number of carbonyl (C=O) groups excluding carboxylic acids is 1. The summed E-state index contributed by atoms with van der Waals surface area (Å²) in [5.74, 6) is 0.544. The maximum absolute atomic E-state index is 11.7. The number of hydrogen-bond donors (Lipinski definition) is 0. The number of methoxy groups -OCH3 is 1. The highest BCUT2D eigenvalue weighted by Gasteiger charge is 2.23. The second-order valence-electron chi connectivity index (χ2n) is 3.77. The molecule has 0 spiro atoms. The Kier molecular flexibility index (Phi) is 3.30. The normalized spacial score (nSPS) is 16.5. The molecule has 2 rings (SSSR count). The fraction of sp³-hybridized carbons (Fsp3) is 0.308. The van der Waals surface area contributed by atoms with Gasteiger partial charge in [0.25, 0.3) is 0 Å². The molecule has 0 saturated heterocycles. The fourth-order valence-electron chi connectivity index (χ4n) is 2.02. The molecule has 0 saturated carbocycles. The van der Waals surface area contributed by atoms with Gasteiger partial charge in [-0.1, -0.05) is 29.8 Å². The van der Waals surface area contributed by atoms with Gasteiger partial charge in [-0.25, -0.2) is 0 Å². The molecule has 16 heavy (non-hydrogen) atoms. The molecule has 0 aliphatic heterocycles. The lowest BCUT2D eigenvalue weighted by Crippen LogP contribution is -2.12. The Morgan fingerprint density at radius 1 is 1.25 bits per heavy atom. The van der Waals surface area contributed by atoms with Crippen LogP contribution in [0.25, 0.3) is 5.57 Å². The molecule has 2 nitrogen and oxygen atoms in total. The largest absolute Gasteiger partial charge is 0.493 e. The second-order valence-corrected chi connectivity index (χ2v) is 4.18. The number of allylic oxidation sites excluding steroid dienone is 2. The molecule has 3 heteroatoms. The molecule has 0 bridgehead atoms. The number of benzene rings is 1. The summed E-state index contributed by atoms with van der Waals surface area (Å²) in [6.45, 7) is 0. The number of hydrogen-bond acceptors (Lipinski definition) is 2. The molecule has 1 aromatic carbocycles. The third-order valence-electron chi connectivity index (χ3n) is 2.76. The van der Waals surface area contributed by atoms with Crippen LogP contribution in [-0.4, -0.2) is 12.9 Å². The zero-order valence-electron chi connectivity index (χ0n) is 9.13. The Hall–Kier alpha value is -1.28. The smallest absolute Gasteiger partial charge is 0.197 e. The highest BCUT2D eigenvalue weighted by molar-refractivity contribution is 6.32. The van der Waals surface area contributed by atoms with Crippen molar-refractivity contribution in [1.29, 1.82) is 0 Å². The number of rotatable bonds is 2. The van der Waals surface area contributed by atoms with E-state index in [1.807, 2.05) is 24.3 Å². The maximum atomic E-state index is 11.7. The molecular weight excluding hydrogens is 224 g/mol. The zero-order valence-corrected chi connectivity index (χ0v) is 9.88. The Bertz CT molecular complexity index is 449. The van der Waals surface area contributed by atoms with Gasteiger partial charge < -0.3 is 4.74 Å². The van der Waals surface area contributed by atoms with Crippen molar-refractivity contribution in [1.82, 2.24) is 0 Å². The van der Waals surface area contributed by atoms with Gasteiger partial charge in [-0.2, -0.15) is 0 Å². The molecule has 0 atom stereocenters. The Morgan fingerprint density at radius 3 is 2.69 bits per heavy atom. The molecule has 1 aliphatic carbocycles. The van der Waals surface area contributed by atoms with Gasteiger partial charge in [-0.15, -0.1) is 0 Å². The van der Waals surface area contributed by atoms with E-state index in [1.54, 1.807) is 0 Å². The van der Waals surface area contributed by atoms with Crippen LogP contribution in [-0.2, 0) is 9.53 Å². The van der Waals surface area contributed by atoms with Crippen LogP contribution in [0, 0.1) is 0 Å². The van der Waals surface area contributed by atoms with Crippen molar-refractivity contribution in [3.63, 3.8) is 0 Å². The van der Waals surface area contributed by atoms with E-state index in [-0.39, 0.29) is 5.78 Å². The van der Waals surface area contributed by atoms with Gasteiger partial charge in [-0.3, -0.25) is 4.79 Å². The molecular formula is C13H13ClO2. The predicted octanol–water partition coefficient (Wildman–Crippen LogP) is 3.45. The van der Waals surface area contributed by atoms with Gasteiger partial charge in [0.1, 0.15) is 0 Å². The van der Waals surface area contributed by atoms with Crippen molar-refractivity contribution in [2.45, 2.75) is 19.3 Å². The van der Waals surface area contributed by atoms with Crippen molar-refractivity contribution in [3.05, 3.63) is 40.6 Å². The summed E-state index contributed by atoms with van der Waals surface area (Å²) in [4.78, 5) is 11.7. The molecule has 1 aromatic rings. The van der Waals surface area contributed by atoms with Gasteiger partial charge in [0.15, 0.2) is 11.5 Å². The number of ketones is 1. The van der Waals surface area contributed by atoms with Crippen molar-refractivity contribution in [3.8, 4) is 0 Å². The lowest BCUT2D eigenvalue weighted by molar-refractivity contribution is -0.118. The van der Waals surface area contributed by atoms with Gasteiger partial charge in [0, 0.05) is 22.6 Å². The first kappa shape index (κ1) is 11.2. The summed E-state index contributed by atoms with van der Waals surface area (Å²) in [5.41, 5.74) is 1.85. The summed E-state index contributed by atoms with van der Waals surface area (Å²) in [7, 11) is 1.54. The fourth-order valence-corrected chi connectivity index (χ4v) is 2.27. The van der Waals surface area contributed by atoms with Gasteiger partial charge in [-0.05, 0) is 18.9 Å². The summed E-state index contributed by atoms with van der Waals surface area (Å²) < 4.78 is 5.20. The monoisotopic (exact) mass is 236 g/mol. The summed E-state index contributed by atoms with van der Waals surface area (Å²) in [6.07, 6.45) is 2.28. The molecule has 0 aromatic heterocycles. The molecule has 84 valence electrons. The van der Waals surface area contributed by atoms with Crippen molar-refractivity contribution < 1.29 is 9.53 Å². The van der Waals surface area contributed by atoms with Crippen molar-refractivity contribution in [2.24, 2.45) is 0 Å². The molecule has 1 aliphatic rings. The van der Waals surface area contributed by atoms with Crippen molar-refractivity contribution >= 4 is 23.0 Å². The van der Waals surface area contributed by atoms with E-state index in [4.69, 9.17) is 16.3 Å². The summed E-state index contributed by atoms with van der Waals surface area (Å²) in [5, 5.41) is 0.668. The van der Waals surface area contributed by atoms with Crippen molar-refractivity contribution in [2.75, 3.05) is 7.11 Å². The number of carbonyl (C=O) groups is 1. The van der Waals surface area contributed by atoms with Crippen LogP contribution >= 0.6 is 11.6 Å². The average molecular weight is 237 g/mol. The third-order valence-corrected chi connectivity index (χ3v) is 3.09. The van der Waals surface area contributed by atoms with E-state index >= 15 is 0 Å². The minimum Gasteiger partial charge on any atom is -0.493 e. The topological polar surface area (TPSA) is 26.3 Å².